The van der Waals surface area contributed by atoms with E-state index in [4.69, 9.17) is 5.73 Å². The van der Waals surface area contributed by atoms with Crippen LogP contribution in [-0.2, 0) is 12.8 Å². The summed E-state index contributed by atoms with van der Waals surface area (Å²) in [7, 11) is 0. The van der Waals surface area contributed by atoms with Crippen molar-refractivity contribution in [2.24, 2.45) is 5.73 Å². The number of primary amides is 1. The van der Waals surface area contributed by atoms with Crippen molar-refractivity contribution in [2.45, 2.75) is 12.8 Å². The fourth-order valence-corrected chi connectivity index (χ4v) is 2.91. The average Bonchev–Trinajstić information content (AvgIpc) is 2.59. The molecular formula is C19H16N2O3. The normalized spacial score (nSPS) is 10.7. The number of aryl methyl sites for hydroxylation is 2. The highest BCUT2D eigenvalue weighted by atomic mass is 16.6. The number of hydrogen-bond acceptors (Lipinski definition) is 3. The number of non-ortho nitro benzene ring substituents is 1. The van der Waals surface area contributed by atoms with Gasteiger partial charge in [0.25, 0.3) is 5.69 Å². The molecule has 0 spiro atoms. The second-order valence-corrected chi connectivity index (χ2v) is 5.60. The number of hydrogen-bond donors (Lipinski definition) is 1. The number of nitro groups is 1. The van der Waals surface area contributed by atoms with Crippen molar-refractivity contribution >= 4 is 22.4 Å². The van der Waals surface area contributed by atoms with Crippen LogP contribution in [0.5, 0.6) is 0 Å². The van der Waals surface area contributed by atoms with Crippen LogP contribution in [0.15, 0.2) is 60.7 Å². The van der Waals surface area contributed by atoms with Gasteiger partial charge in [0.2, 0.25) is 5.91 Å². The van der Waals surface area contributed by atoms with E-state index in [1.165, 1.54) is 23.1 Å². The van der Waals surface area contributed by atoms with E-state index < -0.39 is 10.8 Å². The molecule has 0 aliphatic heterocycles. The summed E-state index contributed by atoms with van der Waals surface area (Å²) in [5, 5.41) is 13.2. The molecule has 120 valence electrons. The predicted octanol–water partition coefficient (Wildman–Crippen LogP) is 3.63. The van der Waals surface area contributed by atoms with Crippen LogP contribution >= 0.6 is 0 Å². The zero-order valence-electron chi connectivity index (χ0n) is 12.9. The van der Waals surface area contributed by atoms with Gasteiger partial charge < -0.3 is 5.73 Å². The number of carbonyl (C=O) groups is 1. The van der Waals surface area contributed by atoms with Crippen molar-refractivity contribution in [3.05, 3.63) is 87.5 Å². The molecule has 24 heavy (non-hydrogen) atoms. The van der Waals surface area contributed by atoms with Gasteiger partial charge in [-0.25, -0.2) is 0 Å². The minimum Gasteiger partial charge on any atom is -0.366 e. The van der Waals surface area contributed by atoms with E-state index in [0.717, 1.165) is 17.4 Å². The van der Waals surface area contributed by atoms with Gasteiger partial charge in [-0.1, -0.05) is 48.5 Å². The summed E-state index contributed by atoms with van der Waals surface area (Å²) in [6.07, 6.45) is 1.31. The Labute approximate surface area is 138 Å². The van der Waals surface area contributed by atoms with Crippen LogP contribution in [0.1, 0.15) is 21.5 Å². The van der Waals surface area contributed by atoms with Gasteiger partial charge >= 0.3 is 0 Å². The SMILES string of the molecule is NC(=O)c1cc([N+](=O)[O-])ccc1CCc1cccc2ccccc12. The summed E-state index contributed by atoms with van der Waals surface area (Å²) >= 11 is 0. The maximum Gasteiger partial charge on any atom is 0.270 e. The van der Waals surface area contributed by atoms with Crippen molar-refractivity contribution in [1.82, 2.24) is 0 Å². The first-order valence-corrected chi connectivity index (χ1v) is 7.60. The monoisotopic (exact) mass is 320 g/mol. The fraction of sp³-hybridized carbons (Fsp3) is 0.105. The summed E-state index contributed by atoms with van der Waals surface area (Å²) in [5.41, 5.74) is 7.36. The molecule has 3 aromatic rings. The van der Waals surface area contributed by atoms with Crippen LogP contribution in [0, 0.1) is 10.1 Å². The Bertz CT molecular complexity index is 930. The molecule has 3 aromatic carbocycles. The van der Waals surface area contributed by atoms with Gasteiger partial charge in [-0.2, -0.15) is 0 Å². The van der Waals surface area contributed by atoms with E-state index >= 15 is 0 Å². The number of fused-ring (bicyclic) bond motifs is 1. The smallest absolute Gasteiger partial charge is 0.270 e. The topological polar surface area (TPSA) is 86.2 Å². The van der Waals surface area contributed by atoms with Crippen LogP contribution in [0.25, 0.3) is 10.8 Å². The molecule has 5 heteroatoms. The largest absolute Gasteiger partial charge is 0.366 e. The molecule has 0 saturated heterocycles. The number of nitro benzene ring substituents is 1. The van der Waals surface area contributed by atoms with Crippen molar-refractivity contribution < 1.29 is 9.72 Å². The summed E-state index contributed by atoms with van der Waals surface area (Å²) in [4.78, 5) is 22.0. The zero-order chi connectivity index (χ0) is 17.1. The number of rotatable bonds is 5. The summed E-state index contributed by atoms with van der Waals surface area (Å²) in [5.74, 6) is -0.647. The van der Waals surface area contributed by atoms with Gasteiger partial charge in [-0.05, 0) is 34.7 Å². The van der Waals surface area contributed by atoms with Gasteiger partial charge in [-0.3, -0.25) is 14.9 Å². The van der Waals surface area contributed by atoms with Gasteiger partial charge in [0.05, 0.1) is 4.92 Å². The van der Waals surface area contributed by atoms with E-state index in [9.17, 15) is 14.9 Å². The van der Waals surface area contributed by atoms with Gasteiger partial charge in [0.15, 0.2) is 0 Å². The summed E-state index contributed by atoms with van der Waals surface area (Å²) in [6.45, 7) is 0. The number of nitrogens with zero attached hydrogens (tertiary/aromatic N) is 1. The highest BCUT2D eigenvalue weighted by molar-refractivity contribution is 5.95. The lowest BCUT2D eigenvalue weighted by Crippen LogP contribution is -2.14. The minimum absolute atomic E-state index is 0.127. The molecule has 0 unspecified atom stereocenters. The Balaban J connectivity index is 1.91. The summed E-state index contributed by atoms with van der Waals surface area (Å²) < 4.78 is 0. The average molecular weight is 320 g/mol. The van der Waals surface area contributed by atoms with E-state index in [0.29, 0.717) is 6.42 Å². The Morgan fingerprint density at radius 1 is 0.958 bits per heavy atom. The molecule has 1 amide bonds. The number of benzene rings is 3. The highest BCUT2D eigenvalue weighted by Crippen LogP contribution is 2.23. The van der Waals surface area contributed by atoms with E-state index in [2.05, 4.69) is 24.3 Å². The molecule has 0 aliphatic rings. The third kappa shape index (κ3) is 3.10. The molecule has 0 radical (unpaired) electrons. The van der Waals surface area contributed by atoms with E-state index in [1.54, 1.807) is 6.07 Å². The minimum atomic E-state index is -0.647. The molecule has 0 bridgehead atoms. The Kier molecular flexibility index (Phi) is 4.24. The molecule has 3 rings (SSSR count). The van der Waals surface area contributed by atoms with Crippen LogP contribution in [0.3, 0.4) is 0 Å². The molecule has 0 fully saturated rings. The third-order valence-electron chi connectivity index (χ3n) is 4.11. The number of carbonyl (C=O) groups excluding carboxylic acids is 1. The Morgan fingerprint density at radius 3 is 2.42 bits per heavy atom. The molecule has 5 nitrogen and oxygen atoms in total. The molecule has 2 N–H and O–H groups in total. The lowest BCUT2D eigenvalue weighted by molar-refractivity contribution is -0.384. The first-order chi connectivity index (χ1) is 11.6. The second-order valence-electron chi connectivity index (χ2n) is 5.60. The van der Waals surface area contributed by atoms with Crippen LogP contribution in [-0.4, -0.2) is 10.8 Å². The first kappa shape index (κ1) is 15.7. The summed E-state index contributed by atoms with van der Waals surface area (Å²) in [6, 6.07) is 18.5. The van der Waals surface area contributed by atoms with Crippen LogP contribution in [0.2, 0.25) is 0 Å². The highest BCUT2D eigenvalue weighted by Gasteiger charge is 2.14. The first-order valence-electron chi connectivity index (χ1n) is 7.60. The van der Waals surface area contributed by atoms with E-state index in [-0.39, 0.29) is 11.3 Å². The Morgan fingerprint density at radius 2 is 1.67 bits per heavy atom. The predicted molar refractivity (Wildman–Crippen MR) is 93.0 cm³/mol. The van der Waals surface area contributed by atoms with E-state index in [1.807, 2.05) is 18.2 Å². The molecular weight excluding hydrogens is 304 g/mol. The van der Waals surface area contributed by atoms with Crippen molar-refractivity contribution in [3.8, 4) is 0 Å². The molecule has 0 heterocycles. The molecule has 0 aromatic heterocycles. The van der Waals surface area contributed by atoms with Gasteiger partial charge in [0.1, 0.15) is 0 Å². The van der Waals surface area contributed by atoms with Crippen LogP contribution < -0.4 is 5.73 Å². The quantitative estimate of drug-likeness (QED) is 0.575. The number of amides is 1. The standard InChI is InChI=1S/C19H16N2O3/c20-19(22)18-12-16(21(23)24)11-10-15(18)9-8-14-6-3-5-13-4-1-2-7-17(13)14/h1-7,10-12H,8-9H2,(H2,20,22). The zero-order valence-corrected chi connectivity index (χ0v) is 12.9. The number of nitrogens with two attached hydrogens (primary N) is 1. The third-order valence-corrected chi connectivity index (χ3v) is 4.11. The van der Waals surface area contributed by atoms with Gasteiger partial charge in [0, 0.05) is 17.7 Å². The molecule has 0 saturated carbocycles. The van der Waals surface area contributed by atoms with Crippen molar-refractivity contribution in [1.29, 1.82) is 0 Å². The van der Waals surface area contributed by atoms with Crippen molar-refractivity contribution in [2.75, 3.05) is 0 Å². The van der Waals surface area contributed by atoms with Crippen molar-refractivity contribution in [3.63, 3.8) is 0 Å². The maximum atomic E-state index is 11.6. The lowest BCUT2D eigenvalue weighted by atomic mass is 9.96. The second kappa shape index (κ2) is 6.50. The lowest BCUT2D eigenvalue weighted by Gasteiger charge is -2.09. The van der Waals surface area contributed by atoms with Crippen LogP contribution in [0.4, 0.5) is 5.69 Å². The Hall–Kier alpha value is -3.21. The molecule has 0 aliphatic carbocycles. The van der Waals surface area contributed by atoms with Gasteiger partial charge in [-0.15, -0.1) is 0 Å². The molecule has 0 atom stereocenters. The fourth-order valence-electron chi connectivity index (χ4n) is 2.91. The maximum absolute atomic E-state index is 11.6.